The summed E-state index contributed by atoms with van der Waals surface area (Å²) in [5, 5.41) is 7.65. The maximum atomic E-state index is 12.8. The average Bonchev–Trinajstić information content (AvgIpc) is 2.97. The summed E-state index contributed by atoms with van der Waals surface area (Å²) in [4.78, 5) is 14.8. The van der Waals surface area contributed by atoms with Gasteiger partial charge in [-0.15, -0.1) is 0 Å². The molecule has 1 aliphatic heterocycles. The van der Waals surface area contributed by atoms with Crippen molar-refractivity contribution in [2.45, 2.75) is 19.8 Å². The quantitative estimate of drug-likeness (QED) is 0.872. The highest BCUT2D eigenvalue weighted by Crippen LogP contribution is 2.21. The molecule has 0 radical (unpaired) electrons. The summed E-state index contributed by atoms with van der Waals surface area (Å²) in [5.74, 6) is 0.768. The van der Waals surface area contributed by atoms with Gasteiger partial charge in [-0.25, -0.2) is 4.68 Å². The Morgan fingerprint density at radius 1 is 1.29 bits per heavy atom. The van der Waals surface area contributed by atoms with Crippen molar-refractivity contribution in [1.82, 2.24) is 20.0 Å². The van der Waals surface area contributed by atoms with E-state index < -0.39 is 0 Å². The molecule has 1 aromatic carbocycles. The van der Waals surface area contributed by atoms with Crippen molar-refractivity contribution in [3.63, 3.8) is 0 Å². The fourth-order valence-corrected chi connectivity index (χ4v) is 3.53. The number of benzene rings is 1. The maximum absolute atomic E-state index is 12.8. The highest BCUT2D eigenvalue weighted by atomic mass is 79.9. The molecule has 0 unspecified atom stereocenters. The third-order valence-electron chi connectivity index (χ3n) is 4.71. The predicted octanol–water partition coefficient (Wildman–Crippen LogP) is 3.01. The molecule has 6 heteroatoms. The summed E-state index contributed by atoms with van der Waals surface area (Å²) < 4.78 is 2.85. The van der Waals surface area contributed by atoms with Crippen molar-refractivity contribution in [3.05, 3.63) is 46.2 Å². The van der Waals surface area contributed by atoms with Gasteiger partial charge in [-0.3, -0.25) is 4.79 Å². The molecule has 0 spiro atoms. The normalized spacial score (nSPS) is 15.7. The van der Waals surface area contributed by atoms with Gasteiger partial charge in [0, 0.05) is 17.6 Å². The molecule has 1 N–H and O–H groups in total. The van der Waals surface area contributed by atoms with Crippen molar-refractivity contribution in [2.75, 3.05) is 26.7 Å². The van der Waals surface area contributed by atoms with Crippen LogP contribution in [0.1, 0.15) is 28.9 Å². The predicted molar refractivity (Wildman–Crippen MR) is 98.6 cm³/mol. The molecular weight excluding hydrogens is 368 g/mol. The van der Waals surface area contributed by atoms with Crippen LogP contribution < -0.4 is 5.32 Å². The van der Waals surface area contributed by atoms with E-state index in [2.05, 4.69) is 26.3 Å². The van der Waals surface area contributed by atoms with E-state index in [1.807, 2.05) is 47.8 Å². The number of hydrogen-bond acceptors (Lipinski definition) is 3. The van der Waals surface area contributed by atoms with Gasteiger partial charge in [0.05, 0.1) is 23.1 Å². The minimum absolute atomic E-state index is 0.0961. The zero-order valence-corrected chi connectivity index (χ0v) is 15.7. The van der Waals surface area contributed by atoms with Crippen molar-refractivity contribution in [3.8, 4) is 5.69 Å². The largest absolute Gasteiger partial charge is 0.339 e. The first-order valence-corrected chi connectivity index (χ1v) is 9.14. The Morgan fingerprint density at radius 3 is 2.58 bits per heavy atom. The molecule has 1 fully saturated rings. The van der Waals surface area contributed by atoms with E-state index in [4.69, 9.17) is 0 Å². The second-order valence-corrected chi connectivity index (χ2v) is 7.24. The van der Waals surface area contributed by atoms with E-state index in [-0.39, 0.29) is 5.91 Å². The zero-order valence-electron chi connectivity index (χ0n) is 14.1. The number of carbonyl (C=O) groups is 1. The fraction of sp³-hybridized carbons (Fsp3) is 0.444. The summed E-state index contributed by atoms with van der Waals surface area (Å²) in [6.45, 7) is 4.64. The fourth-order valence-electron chi connectivity index (χ4n) is 3.26. The Morgan fingerprint density at radius 2 is 1.96 bits per heavy atom. The van der Waals surface area contributed by atoms with E-state index in [1.165, 1.54) is 0 Å². The minimum atomic E-state index is 0.0961. The number of aromatic nitrogens is 2. The number of carbonyl (C=O) groups excluding carboxylic acids is 1. The highest BCUT2D eigenvalue weighted by molar-refractivity contribution is 9.10. The lowest BCUT2D eigenvalue weighted by Crippen LogP contribution is -2.40. The van der Waals surface area contributed by atoms with Gasteiger partial charge in [0.15, 0.2) is 0 Å². The molecule has 1 aliphatic rings. The minimum Gasteiger partial charge on any atom is -0.339 e. The van der Waals surface area contributed by atoms with Crippen molar-refractivity contribution in [2.24, 2.45) is 5.92 Å². The zero-order chi connectivity index (χ0) is 17.1. The molecule has 0 bridgehead atoms. The smallest absolute Gasteiger partial charge is 0.257 e. The number of nitrogens with one attached hydrogen (secondary N) is 1. The molecule has 2 aromatic rings. The molecular formula is C18H23BrN4O. The topological polar surface area (TPSA) is 50.2 Å². The average molecular weight is 391 g/mol. The van der Waals surface area contributed by atoms with Crippen LogP contribution in [0.4, 0.5) is 0 Å². The Labute approximate surface area is 151 Å². The van der Waals surface area contributed by atoms with Crippen LogP contribution in [0.15, 0.2) is 34.9 Å². The van der Waals surface area contributed by atoms with Crippen LogP contribution in [-0.4, -0.2) is 47.3 Å². The van der Waals surface area contributed by atoms with Gasteiger partial charge in [0.2, 0.25) is 0 Å². The Bertz CT molecular complexity index is 702. The third-order valence-corrected chi connectivity index (χ3v) is 5.23. The van der Waals surface area contributed by atoms with Gasteiger partial charge < -0.3 is 10.2 Å². The number of halogens is 1. The van der Waals surface area contributed by atoms with E-state index in [9.17, 15) is 4.79 Å². The molecule has 24 heavy (non-hydrogen) atoms. The van der Waals surface area contributed by atoms with Crippen LogP contribution in [0.25, 0.3) is 5.69 Å². The standard InChI is InChI=1S/C18H23BrN4O/c1-13-17(12-21-23(13)16-5-3-15(19)4-6-16)18(24)22-9-7-14(8-10-22)11-20-2/h3-6,12,14,20H,7-11H2,1-2H3. The number of piperidine rings is 1. The number of likely N-dealkylation sites (tertiary alicyclic amines) is 1. The summed E-state index contributed by atoms with van der Waals surface area (Å²) in [7, 11) is 1.98. The van der Waals surface area contributed by atoms with Gasteiger partial charge in [-0.1, -0.05) is 15.9 Å². The first kappa shape index (κ1) is 17.2. The molecule has 0 aliphatic carbocycles. The molecule has 128 valence electrons. The first-order chi connectivity index (χ1) is 11.6. The summed E-state index contributed by atoms with van der Waals surface area (Å²) in [5.41, 5.74) is 2.55. The molecule has 1 amide bonds. The SMILES string of the molecule is CNCC1CCN(C(=O)c2cnn(-c3ccc(Br)cc3)c2C)CC1. The van der Waals surface area contributed by atoms with Crippen molar-refractivity contribution in [1.29, 1.82) is 0 Å². The maximum Gasteiger partial charge on any atom is 0.257 e. The molecule has 5 nitrogen and oxygen atoms in total. The van der Waals surface area contributed by atoms with Crippen LogP contribution in [0.2, 0.25) is 0 Å². The van der Waals surface area contributed by atoms with Crippen LogP contribution in [0.3, 0.4) is 0 Å². The van der Waals surface area contributed by atoms with Crippen LogP contribution in [0, 0.1) is 12.8 Å². The summed E-state index contributed by atoms with van der Waals surface area (Å²) in [6, 6.07) is 7.93. The Hall–Kier alpha value is -1.66. The van der Waals surface area contributed by atoms with E-state index in [0.717, 1.165) is 48.3 Å². The van der Waals surface area contributed by atoms with Crippen LogP contribution >= 0.6 is 15.9 Å². The lowest BCUT2D eigenvalue weighted by molar-refractivity contribution is 0.0690. The Balaban J connectivity index is 1.74. The summed E-state index contributed by atoms with van der Waals surface area (Å²) in [6.07, 6.45) is 3.82. The highest BCUT2D eigenvalue weighted by Gasteiger charge is 2.25. The second kappa shape index (κ2) is 7.49. The number of nitrogens with zero attached hydrogens (tertiary/aromatic N) is 3. The lowest BCUT2D eigenvalue weighted by Gasteiger charge is -2.31. The van der Waals surface area contributed by atoms with E-state index in [1.54, 1.807) is 6.20 Å². The van der Waals surface area contributed by atoms with Gasteiger partial charge >= 0.3 is 0 Å². The summed E-state index contributed by atoms with van der Waals surface area (Å²) >= 11 is 3.44. The number of rotatable bonds is 4. The number of hydrogen-bond donors (Lipinski definition) is 1. The molecule has 1 aromatic heterocycles. The molecule has 3 rings (SSSR count). The molecule has 0 atom stereocenters. The van der Waals surface area contributed by atoms with Gasteiger partial charge in [0.1, 0.15) is 0 Å². The third kappa shape index (κ3) is 3.54. The van der Waals surface area contributed by atoms with Crippen LogP contribution in [-0.2, 0) is 0 Å². The molecule has 0 saturated carbocycles. The Kier molecular flexibility index (Phi) is 5.36. The van der Waals surface area contributed by atoms with Crippen molar-refractivity contribution < 1.29 is 4.79 Å². The van der Waals surface area contributed by atoms with Gasteiger partial charge in [-0.05, 0) is 63.5 Å². The van der Waals surface area contributed by atoms with E-state index in [0.29, 0.717) is 11.5 Å². The lowest BCUT2D eigenvalue weighted by atomic mass is 9.96. The van der Waals surface area contributed by atoms with Crippen molar-refractivity contribution >= 4 is 21.8 Å². The molecule has 1 saturated heterocycles. The molecule has 2 heterocycles. The van der Waals surface area contributed by atoms with Crippen LogP contribution in [0.5, 0.6) is 0 Å². The van der Waals surface area contributed by atoms with Gasteiger partial charge in [-0.2, -0.15) is 5.10 Å². The second-order valence-electron chi connectivity index (χ2n) is 6.33. The monoisotopic (exact) mass is 390 g/mol. The first-order valence-electron chi connectivity index (χ1n) is 8.34. The van der Waals surface area contributed by atoms with Gasteiger partial charge in [0.25, 0.3) is 5.91 Å². The number of amides is 1. The van der Waals surface area contributed by atoms with E-state index >= 15 is 0 Å².